The fourth-order valence-corrected chi connectivity index (χ4v) is 5.53. The van der Waals surface area contributed by atoms with Gasteiger partial charge in [-0.3, -0.25) is 9.69 Å². The van der Waals surface area contributed by atoms with E-state index in [-0.39, 0.29) is 12.5 Å². The van der Waals surface area contributed by atoms with Gasteiger partial charge in [-0.25, -0.2) is 0 Å². The van der Waals surface area contributed by atoms with Crippen molar-refractivity contribution in [1.82, 2.24) is 15.0 Å². The summed E-state index contributed by atoms with van der Waals surface area (Å²) >= 11 is 1.73. The number of piperazine rings is 1. The highest BCUT2D eigenvalue weighted by atomic mass is 32.1. The number of carbonyl (C=O) groups excluding carboxylic acids is 1. The summed E-state index contributed by atoms with van der Waals surface area (Å²) in [7, 11) is 1.75. The van der Waals surface area contributed by atoms with Gasteiger partial charge in [0.1, 0.15) is 17.7 Å². The molecule has 1 amide bonds. The van der Waals surface area contributed by atoms with E-state index in [2.05, 4.69) is 76.6 Å². The summed E-state index contributed by atoms with van der Waals surface area (Å²) in [5.74, 6) is 0.647. The lowest BCUT2D eigenvalue weighted by Crippen LogP contribution is -2.46. The van der Waals surface area contributed by atoms with Crippen LogP contribution in [-0.4, -0.2) is 60.7 Å². The first-order valence-corrected chi connectivity index (χ1v) is 13.8. The first-order valence-electron chi connectivity index (χ1n) is 12.9. The predicted octanol–water partition coefficient (Wildman–Crippen LogP) is 5.38. The molecule has 2 aromatic heterocycles. The lowest BCUT2D eigenvalue weighted by molar-refractivity contribution is -0.132. The molecule has 1 aliphatic heterocycles. The Morgan fingerprint density at radius 1 is 1.08 bits per heavy atom. The summed E-state index contributed by atoms with van der Waals surface area (Å²) < 4.78 is 11.0. The van der Waals surface area contributed by atoms with Crippen LogP contribution in [0.5, 0.6) is 5.75 Å². The monoisotopic (exact) mass is 530 g/mol. The maximum absolute atomic E-state index is 12.7. The third-order valence-electron chi connectivity index (χ3n) is 7.22. The number of nitrogens with zero attached hydrogens (tertiary/aromatic N) is 4. The zero-order valence-electron chi connectivity index (χ0n) is 22.2. The van der Waals surface area contributed by atoms with Gasteiger partial charge >= 0.3 is 0 Å². The summed E-state index contributed by atoms with van der Waals surface area (Å²) in [5, 5.41) is 5.98. The Labute approximate surface area is 228 Å². The molecule has 8 heteroatoms. The standard InChI is InChI=1S/C30H34N4O3S/c1-22-6-4-7-27(23(22)2)34-14-12-33(13-15-34)19-25-18-24(29-8-5-17-38-29)9-10-28(25)36-21-30(35)32(3)20-26-11-16-37-31-26/h4-11,16-18H,12-15,19-21H2,1-3H3. The molecule has 1 fully saturated rings. The number of amides is 1. The minimum Gasteiger partial charge on any atom is -0.483 e. The SMILES string of the molecule is Cc1cccc(N2CCN(Cc3cc(-c4cccs4)ccc3OCC(=O)N(C)Cc3ccon3)CC2)c1C. The molecule has 0 unspecified atom stereocenters. The molecule has 0 spiro atoms. The molecule has 1 aliphatic rings. The number of likely N-dealkylation sites (N-methyl/N-ethyl adjacent to an activating group) is 1. The second-order valence-corrected chi connectivity index (χ2v) is 10.8. The maximum Gasteiger partial charge on any atom is 0.260 e. The van der Waals surface area contributed by atoms with Crippen molar-refractivity contribution in [3.05, 3.63) is 88.6 Å². The number of benzene rings is 2. The van der Waals surface area contributed by atoms with E-state index in [0.29, 0.717) is 12.2 Å². The summed E-state index contributed by atoms with van der Waals surface area (Å²) in [6.45, 7) is 9.42. The van der Waals surface area contributed by atoms with Crippen LogP contribution in [0.25, 0.3) is 10.4 Å². The molecular formula is C30H34N4O3S. The number of anilines is 1. The highest BCUT2D eigenvalue weighted by Gasteiger charge is 2.21. The Morgan fingerprint density at radius 3 is 2.66 bits per heavy atom. The van der Waals surface area contributed by atoms with Crippen molar-refractivity contribution in [3.8, 4) is 16.2 Å². The van der Waals surface area contributed by atoms with Crippen LogP contribution in [0.3, 0.4) is 0 Å². The minimum atomic E-state index is -0.108. The number of aryl methyl sites for hydroxylation is 1. The van der Waals surface area contributed by atoms with Gasteiger partial charge in [0.25, 0.3) is 5.91 Å². The van der Waals surface area contributed by atoms with Gasteiger partial charge < -0.3 is 19.1 Å². The van der Waals surface area contributed by atoms with Gasteiger partial charge in [-0.2, -0.15) is 0 Å². The van der Waals surface area contributed by atoms with E-state index in [9.17, 15) is 4.79 Å². The van der Waals surface area contributed by atoms with Crippen molar-refractivity contribution in [2.24, 2.45) is 0 Å². The number of hydrogen-bond donors (Lipinski definition) is 0. The van der Waals surface area contributed by atoms with Crippen molar-refractivity contribution in [1.29, 1.82) is 0 Å². The first kappa shape index (κ1) is 26.0. The molecule has 3 heterocycles. The summed E-state index contributed by atoms with van der Waals surface area (Å²) in [5.41, 5.74) is 7.01. The highest BCUT2D eigenvalue weighted by molar-refractivity contribution is 7.13. The molecule has 0 radical (unpaired) electrons. The Morgan fingerprint density at radius 2 is 1.92 bits per heavy atom. The van der Waals surface area contributed by atoms with E-state index in [4.69, 9.17) is 9.26 Å². The van der Waals surface area contributed by atoms with Gasteiger partial charge in [0.2, 0.25) is 0 Å². The van der Waals surface area contributed by atoms with Gasteiger partial charge in [-0.1, -0.05) is 23.4 Å². The number of aromatic nitrogens is 1. The van der Waals surface area contributed by atoms with Gasteiger partial charge in [-0.05, 0) is 66.2 Å². The van der Waals surface area contributed by atoms with Gasteiger partial charge in [0, 0.05) is 62.0 Å². The number of rotatable bonds is 9. The van der Waals surface area contributed by atoms with E-state index < -0.39 is 0 Å². The zero-order chi connectivity index (χ0) is 26.5. The van der Waals surface area contributed by atoms with E-state index in [1.54, 1.807) is 29.4 Å². The van der Waals surface area contributed by atoms with Crippen molar-refractivity contribution in [2.45, 2.75) is 26.9 Å². The Hall–Kier alpha value is -3.62. The third kappa shape index (κ3) is 6.09. The predicted molar refractivity (Wildman–Crippen MR) is 152 cm³/mol. The van der Waals surface area contributed by atoms with E-state index >= 15 is 0 Å². The fraction of sp³-hybridized carbons (Fsp3) is 0.333. The quantitative estimate of drug-likeness (QED) is 0.290. The van der Waals surface area contributed by atoms with Crippen molar-refractivity contribution >= 4 is 22.9 Å². The maximum atomic E-state index is 12.7. The molecular weight excluding hydrogens is 496 g/mol. The van der Waals surface area contributed by atoms with Crippen molar-refractivity contribution < 1.29 is 14.1 Å². The van der Waals surface area contributed by atoms with E-state index in [1.165, 1.54) is 33.5 Å². The van der Waals surface area contributed by atoms with E-state index in [0.717, 1.165) is 44.0 Å². The Kier molecular flexibility index (Phi) is 8.10. The van der Waals surface area contributed by atoms with Crippen LogP contribution in [0.2, 0.25) is 0 Å². The average Bonchev–Trinajstić information content (AvgIpc) is 3.65. The molecule has 2 aromatic carbocycles. The van der Waals surface area contributed by atoms with Crippen molar-refractivity contribution in [2.75, 3.05) is 44.7 Å². The summed E-state index contributed by atoms with van der Waals surface area (Å²) in [4.78, 5) is 20.5. The lowest BCUT2D eigenvalue weighted by Gasteiger charge is -2.37. The van der Waals surface area contributed by atoms with Crippen LogP contribution in [0.4, 0.5) is 5.69 Å². The van der Waals surface area contributed by atoms with Crippen LogP contribution in [0.1, 0.15) is 22.4 Å². The summed E-state index contributed by atoms with van der Waals surface area (Å²) in [6.07, 6.45) is 1.51. The fourth-order valence-electron chi connectivity index (χ4n) is 4.81. The lowest BCUT2D eigenvalue weighted by atomic mass is 10.1. The van der Waals surface area contributed by atoms with Crippen LogP contribution in [0, 0.1) is 13.8 Å². The zero-order valence-corrected chi connectivity index (χ0v) is 23.0. The summed E-state index contributed by atoms with van der Waals surface area (Å²) in [6, 6.07) is 18.8. The largest absolute Gasteiger partial charge is 0.483 e. The molecule has 38 heavy (non-hydrogen) atoms. The van der Waals surface area contributed by atoms with Gasteiger partial charge in [0.05, 0.1) is 6.54 Å². The first-order chi connectivity index (χ1) is 18.5. The number of carbonyl (C=O) groups is 1. The van der Waals surface area contributed by atoms with Crippen LogP contribution < -0.4 is 9.64 Å². The normalized spacial score (nSPS) is 14.0. The minimum absolute atomic E-state index is 0.0277. The van der Waals surface area contributed by atoms with Gasteiger partial charge in [0.15, 0.2) is 6.61 Å². The van der Waals surface area contributed by atoms with E-state index in [1.807, 2.05) is 6.07 Å². The second kappa shape index (κ2) is 11.8. The molecule has 198 valence electrons. The molecule has 0 atom stereocenters. The smallest absolute Gasteiger partial charge is 0.260 e. The van der Waals surface area contributed by atoms with Crippen molar-refractivity contribution in [3.63, 3.8) is 0 Å². The average molecular weight is 531 g/mol. The Bertz CT molecular complexity index is 1350. The number of hydrogen-bond acceptors (Lipinski definition) is 7. The molecule has 0 bridgehead atoms. The highest BCUT2D eigenvalue weighted by Crippen LogP contribution is 2.31. The Balaban J connectivity index is 1.26. The van der Waals surface area contributed by atoms with Crippen LogP contribution >= 0.6 is 11.3 Å². The molecule has 0 aliphatic carbocycles. The van der Waals surface area contributed by atoms with Gasteiger partial charge in [-0.15, -0.1) is 11.3 Å². The molecule has 5 rings (SSSR count). The number of ether oxygens (including phenoxy) is 1. The third-order valence-corrected chi connectivity index (χ3v) is 8.14. The van der Waals surface area contributed by atoms with Crippen LogP contribution in [-0.2, 0) is 17.9 Å². The number of thiophene rings is 1. The molecule has 0 saturated carbocycles. The topological polar surface area (TPSA) is 62.1 Å². The van der Waals surface area contributed by atoms with Crippen LogP contribution in [0.15, 0.2) is 70.8 Å². The second-order valence-electron chi connectivity index (χ2n) is 9.81. The molecule has 1 saturated heterocycles. The molecule has 7 nitrogen and oxygen atoms in total. The molecule has 4 aromatic rings. The molecule has 0 N–H and O–H groups in total.